The number of piperazine rings is 1. The van der Waals surface area contributed by atoms with Crippen molar-refractivity contribution in [2.45, 2.75) is 25.9 Å². The van der Waals surface area contributed by atoms with Crippen LogP contribution in [0, 0.1) is 5.92 Å². The molecule has 0 aromatic rings. The van der Waals surface area contributed by atoms with Gasteiger partial charge in [0.15, 0.2) is 0 Å². The third-order valence-corrected chi connectivity index (χ3v) is 3.14. The molecule has 3 heteroatoms. The molecular weight excluding hydrogens is 164 g/mol. The van der Waals surface area contributed by atoms with Gasteiger partial charge in [0.25, 0.3) is 0 Å². The third-order valence-electron chi connectivity index (χ3n) is 3.14. The van der Waals surface area contributed by atoms with E-state index in [9.17, 15) is 0 Å². The van der Waals surface area contributed by atoms with Crippen LogP contribution >= 0.6 is 0 Å². The van der Waals surface area contributed by atoms with Gasteiger partial charge in [-0.2, -0.15) is 0 Å². The molecule has 0 bridgehead atoms. The molecule has 3 nitrogen and oxygen atoms in total. The van der Waals surface area contributed by atoms with E-state index < -0.39 is 0 Å². The monoisotopic (exact) mass is 186 g/mol. The molecule has 1 rings (SSSR count). The van der Waals surface area contributed by atoms with Crippen LogP contribution in [-0.4, -0.2) is 60.8 Å². The van der Waals surface area contributed by atoms with Crippen LogP contribution < -0.4 is 0 Å². The Balaban J connectivity index is 2.56. The van der Waals surface area contributed by atoms with Crippen LogP contribution in [0.5, 0.6) is 0 Å². The Morgan fingerprint density at radius 1 is 1.23 bits per heavy atom. The van der Waals surface area contributed by atoms with E-state index in [1.165, 1.54) is 0 Å². The van der Waals surface area contributed by atoms with Crippen molar-refractivity contribution in [3.63, 3.8) is 0 Å². The fraction of sp³-hybridized carbons (Fsp3) is 1.00. The van der Waals surface area contributed by atoms with Gasteiger partial charge in [-0.25, -0.2) is 0 Å². The van der Waals surface area contributed by atoms with Crippen molar-refractivity contribution in [1.29, 1.82) is 0 Å². The number of rotatable bonds is 2. The van der Waals surface area contributed by atoms with Crippen molar-refractivity contribution in [2.24, 2.45) is 5.92 Å². The third kappa shape index (κ3) is 2.42. The summed E-state index contributed by atoms with van der Waals surface area (Å²) in [5.41, 5.74) is 0. The highest BCUT2D eigenvalue weighted by Gasteiger charge is 2.30. The van der Waals surface area contributed by atoms with Crippen LogP contribution in [0.2, 0.25) is 0 Å². The first-order valence-corrected chi connectivity index (χ1v) is 5.07. The minimum absolute atomic E-state index is 0.269. The second kappa shape index (κ2) is 4.40. The van der Waals surface area contributed by atoms with Crippen LogP contribution in [0.3, 0.4) is 0 Å². The Kier molecular flexibility index (Phi) is 3.71. The van der Waals surface area contributed by atoms with Crippen LogP contribution in [0.15, 0.2) is 0 Å². The lowest BCUT2D eigenvalue weighted by Crippen LogP contribution is -2.58. The van der Waals surface area contributed by atoms with Crippen LogP contribution in [0.1, 0.15) is 13.8 Å². The molecule has 0 radical (unpaired) electrons. The molecule has 1 saturated heterocycles. The maximum atomic E-state index is 9.14. The van der Waals surface area contributed by atoms with Crippen LogP contribution in [-0.2, 0) is 0 Å². The van der Waals surface area contributed by atoms with Gasteiger partial charge in [0.1, 0.15) is 0 Å². The smallest absolute Gasteiger partial charge is 0.0599 e. The summed E-state index contributed by atoms with van der Waals surface area (Å²) in [6.07, 6.45) is 0. The SMILES string of the molecule is CC(C)[C@H]1CN(C)[C@@H](CO)CN1C. The van der Waals surface area contributed by atoms with Gasteiger partial charge in [0.2, 0.25) is 0 Å². The normalized spacial score (nSPS) is 32.8. The Labute approximate surface area is 81.3 Å². The highest BCUT2D eigenvalue weighted by Crippen LogP contribution is 2.17. The van der Waals surface area contributed by atoms with Crippen molar-refractivity contribution in [3.05, 3.63) is 0 Å². The molecule has 0 aromatic heterocycles. The van der Waals surface area contributed by atoms with Gasteiger partial charge < -0.3 is 10.0 Å². The standard InChI is InChI=1S/C10H22N2O/c1-8(2)10-6-11(3)9(7-13)5-12(10)4/h8-10,13H,5-7H2,1-4H3/t9-,10-/m1/s1. The first-order chi connectivity index (χ1) is 6.06. The van der Waals surface area contributed by atoms with E-state index in [1.54, 1.807) is 0 Å². The van der Waals surface area contributed by atoms with E-state index in [0.29, 0.717) is 18.0 Å². The second-order valence-electron chi connectivity index (χ2n) is 4.53. The average molecular weight is 186 g/mol. The highest BCUT2D eigenvalue weighted by molar-refractivity contribution is 4.86. The lowest BCUT2D eigenvalue weighted by molar-refractivity contribution is 0.0170. The molecule has 0 aliphatic carbocycles. The Morgan fingerprint density at radius 2 is 1.85 bits per heavy atom. The fourth-order valence-corrected chi connectivity index (χ4v) is 2.11. The van der Waals surface area contributed by atoms with Gasteiger partial charge in [-0.3, -0.25) is 4.90 Å². The van der Waals surface area contributed by atoms with E-state index in [0.717, 1.165) is 13.1 Å². The summed E-state index contributed by atoms with van der Waals surface area (Å²) in [7, 11) is 4.25. The van der Waals surface area contributed by atoms with Gasteiger partial charge in [0, 0.05) is 25.2 Å². The highest BCUT2D eigenvalue weighted by atomic mass is 16.3. The molecule has 0 saturated carbocycles. The Hall–Kier alpha value is -0.120. The molecular formula is C10H22N2O. The Morgan fingerprint density at radius 3 is 2.31 bits per heavy atom. The summed E-state index contributed by atoms with van der Waals surface area (Å²) in [5, 5.41) is 9.14. The zero-order valence-corrected chi connectivity index (χ0v) is 9.20. The number of aliphatic hydroxyl groups is 1. The average Bonchev–Trinajstić information content (AvgIpc) is 2.07. The molecule has 1 aliphatic heterocycles. The van der Waals surface area contributed by atoms with Gasteiger partial charge in [-0.05, 0) is 20.0 Å². The van der Waals surface area contributed by atoms with Crippen molar-refractivity contribution >= 4 is 0 Å². The second-order valence-corrected chi connectivity index (χ2v) is 4.53. The van der Waals surface area contributed by atoms with Crippen LogP contribution in [0.25, 0.3) is 0 Å². The van der Waals surface area contributed by atoms with Gasteiger partial charge >= 0.3 is 0 Å². The molecule has 1 heterocycles. The molecule has 0 amide bonds. The topological polar surface area (TPSA) is 26.7 Å². The number of likely N-dealkylation sites (N-methyl/N-ethyl adjacent to an activating group) is 2. The van der Waals surface area contributed by atoms with E-state index in [1.807, 2.05) is 0 Å². The molecule has 0 unspecified atom stereocenters. The quantitative estimate of drug-likeness (QED) is 0.669. The van der Waals surface area contributed by atoms with Gasteiger partial charge in [0.05, 0.1) is 6.61 Å². The van der Waals surface area contributed by atoms with Crippen molar-refractivity contribution in [3.8, 4) is 0 Å². The molecule has 1 fully saturated rings. The van der Waals surface area contributed by atoms with E-state index in [-0.39, 0.29) is 6.61 Å². The molecule has 1 aliphatic rings. The molecule has 0 aromatic carbocycles. The first-order valence-electron chi connectivity index (χ1n) is 5.07. The summed E-state index contributed by atoms with van der Waals surface area (Å²) in [5.74, 6) is 0.687. The molecule has 0 spiro atoms. The number of nitrogens with zero attached hydrogens (tertiary/aromatic N) is 2. The number of aliphatic hydroxyl groups excluding tert-OH is 1. The van der Waals surface area contributed by atoms with Gasteiger partial charge in [-0.1, -0.05) is 13.8 Å². The maximum Gasteiger partial charge on any atom is 0.0599 e. The predicted molar refractivity (Wildman–Crippen MR) is 54.8 cm³/mol. The number of hydrogen-bond acceptors (Lipinski definition) is 3. The molecule has 1 N–H and O–H groups in total. The summed E-state index contributed by atoms with van der Waals surface area (Å²) < 4.78 is 0. The zero-order valence-electron chi connectivity index (χ0n) is 9.20. The predicted octanol–water partition coefficient (Wildman–Crippen LogP) is 0.249. The minimum atomic E-state index is 0.269. The summed E-state index contributed by atoms with van der Waals surface area (Å²) in [4.78, 5) is 4.64. The summed E-state index contributed by atoms with van der Waals surface area (Å²) >= 11 is 0. The largest absolute Gasteiger partial charge is 0.395 e. The first kappa shape index (κ1) is 11.0. The lowest BCUT2D eigenvalue weighted by Gasteiger charge is -2.44. The summed E-state index contributed by atoms with van der Waals surface area (Å²) in [6, 6.07) is 0.952. The molecule has 2 atom stereocenters. The van der Waals surface area contributed by atoms with E-state index in [4.69, 9.17) is 5.11 Å². The lowest BCUT2D eigenvalue weighted by atomic mass is 9.98. The summed E-state index contributed by atoms with van der Waals surface area (Å²) in [6.45, 7) is 6.84. The Bertz CT molecular complexity index is 161. The van der Waals surface area contributed by atoms with Crippen molar-refractivity contribution in [2.75, 3.05) is 33.8 Å². The van der Waals surface area contributed by atoms with E-state index >= 15 is 0 Å². The fourth-order valence-electron chi connectivity index (χ4n) is 2.11. The number of hydrogen-bond donors (Lipinski definition) is 1. The van der Waals surface area contributed by atoms with Gasteiger partial charge in [-0.15, -0.1) is 0 Å². The zero-order chi connectivity index (χ0) is 10.0. The molecule has 13 heavy (non-hydrogen) atoms. The van der Waals surface area contributed by atoms with E-state index in [2.05, 4.69) is 37.7 Å². The minimum Gasteiger partial charge on any atom is -0.395 e. The van der Waals surface area contributed by atoms with Crippen molar-refractivity contribution in [1.82, 2.24) is 9.80 Å². The molecule has 78 valence electrons. The van der Waals surface area contributed by atoms with Crippen LogP contribution in [0.4, 0.5) is 0 Å². The maximum absolute atomic E-state index is 9.14. The van der Waals surface area contributed by atoms with Crippen molar-refractivity contribution < 1.29 is 5.11 Å².